The first-order valence-electron chi connectivity index (χ1n) is 8.57. The number of aliphatic hydroxyl groups is 1. The Hall–Kier alpha value is -1.35. The summed E-state index contributed by atoms with van der Waals surface area (Å²) in [6.45, 7) is 5.05. The van der Waals surface area contributed by atoms with Crippen LogP contribution in [0.5, 0.6) is 0 Å². The van der Waals surface area contributed by atoms with Crippen molar-refractivity contribution >= 4 is 5.91 Å². The quantitative estimate of drug-likeness (QED) is 0.925. The van der Waals surface area contributed by atoms with E-state index in [1.165, 1.54) is 16.7 Å². The van der Waals surface area contributed by atoms with Gasteiger partial charge in [-0.05, 0) is 50.7 Å². The number of carbonyl (C=O) groups is 1. The minimum atomic E-state index is -0.744. The van der Waals surface area contributed by atoms with E-state index in [9.17, 15) is 9.90 Å². The zero-order chi connectivity index (χ0) is 15.7. The van der Waals surface area contributed by atoms with E-state index in [1.807, 2.05) is 4.90 Å². The molecular weight excluding hydrogens is 274 g/mol. The van der Waals surface area contributed by atoms with Crippen LogP contribution in [0, 0.1) is 13.8 Å². The predicted molar refractivity (Wildman–Crippen MR) is 87.6 cm³/mol. The van der Waals surface area contributed by atoms with E-state index in [1.54, 1.807) is 0 Å². The molecule has 1 aromatic carbocycles. The number of amides is 1. The molecule has 0 bridgehead atoms. The lowest BCUT2D eigenvalue weighted by atomic mass is 9.95. The first kappa shape index (κ1) is 15.5. The maximum atomic E-state index is 12.8. The molecule has 1 amide bonds. The summed E-state index contributed by atoms with van der Waals surface area (Å²) in [5.41, 5.74) is 3.04. The van der Waals surface area contributed by atoms with Gasteiger partial charge < -0.3 is 10.0 Å². The van der Waals surface area contributed by atoms with Crippen LogP contribution in [0.3, 0.4) is 0 Å². The number of rotatable bonds is 3. The average molecular weight is 301 g/mol. The van der Waals surface area contributed by atoms with Gasteiger partial charge in [0.05, 0.1) is 18.1 Å². The van der Waals surface area contributed by atoms with Gasteiger partial charge in [-0.3, -0.25) is 4.79 Å². The van der Waals surface area contributed by atoms with Gasteiger partial charge in [0.25, 0.3) is 0 Å². The van der Waals surface area contributed by atoms with Gasteiger partial charge in [0, 0.05) is 6.54 Å². The highest BCUT2D eigenvalue weighted by atomic mass is 16.3. The zero-order valence-electron chi connectivity index (χ0n) is 13.8. The van der Waals surface area contributed by atoms with Crippen LogP contribution in [0.15, 0.2) is 18.2 Å². The molecule has 0 radical (unpaired) electrons. The van der Waals surface area contributed by atoms with Gasteiger partial charge >= 0.3 is 0 Å². The zero-order valence-corrected chi connectivity index (χ0v) is 13.8. The Morgan fingerprint density at radius 3 is 2.73 bits per heavy atom. The molecule has 3 rings (SSSR count). The smallest absolute Gasteiger partial charge is 0.225 e. The van der Waals surface area contributed by atoms with Crippen LogP contribution < -0.4 is 0 Å². The number of hydrogen-bond acceptors (Lipinski definition) is 2. The summed E-state index contributed by atoms with van der Waals surface area (Å²) in [7, 11) is 0. The molecule has 120 valence electrons. The van der Waals surface area contributed by atoms with E-state index >= 15 is 0 Å². The third-order valence-corrected chi connectivity index (χ3v) is 5.38. The lowest BCUT2D eigenvalue weighted by Crippen LogP contribution is -2.37. The standard InChI is InChI=1S/C19H27NO2/c1-14-7-8-15(2)16(12-14)17-6-5-11-20(17)18(21)13-19(22)9-3-4-10-19/h7-8,12,17,22H,3-6,9-11,13H2,1-2H3. The molecule has 3 nitrogen and oxygen atoms in total. The molecule has 1 atom stereocenters. The van der Waals surface area contributed by atoms with Crippen LogP contribution >= 0.6 is 0 Å². The Morgan fingerprint density at radius 1 is 1.27 bits per heavy atom. The Balaban J connectivity index is 1.78. The number of nitrogens with zero attached hydrogens (tertiary/aromatic N) is 1. The Labute approximate surface area is 133 Å². The molecule has 1 aliphatic heterocycles. The van der Waals surface area contributed by atoms with Crippen LogP contribution in [-0.4, -0.2) is 28.1 Å². The molecular formula is C19H27NO2. The summed E-state index contributed by atoms with van der Waals surface area (Å²) < 4.78 is 0. The van der Waals surface area contributed by atoms with Crippen molar-refractivity contribution in [3.63, 3.8) is 0 Å². The number of hydrogen-bond donors (Lipinski definition) is 1. The monoisotopic (exact) mass is 301 g/mol. The van der Waals surface area contributed by atoms with Crippen molar-refractivity contribution in [3.05, 3.63) is 34.9 Å². The van der Waals surface area contributed by atoms with E-state index in [0.717, 1.165) is 45.1 Å². The van der Waals surface area contributed by atoms with Crippen molar-refractivity contribution in [2.75, 3.05) is 6.54 Å². The molecule has 2 aliphatic rings. The number of aryl methyl sites for hydroxylation is 2. The average Bonchev–Trinajstić information content (AvgIpc) is 3.10. The fourth-order valence-corrected chi connectivity index (χ4v) is 4.10. The van der Waals surface area contributed by atoms with Gasteiger partial charge in [-0.25, -0.2) is 0 Å². The van der Waals surface area contributed by atoms with E-state index in [2.05, 4.69) is 32.0 Å². The highest BCUT2D eigenvalue weighted by molar-refractivity contribution is 5.78. The van der Waals surface area contributed by atoms with Crippen LogP contribution in [0.4, 0.5) is 0 Å². The maximum Gasteiger partial charge on any atom is 0.225 e. The minimum absolute atomic E-state index is 0.132. The molecule has 0 spiro atoms. The van der Waals surface area contributed by atoms with Crippen LogP contribution in [0.2, 0.25) is 0 Å². The molecule has 1 aliphatic carbocycles. The SMILES string of the molecule is Cc1ccc(C)c(C2CCCN2C(=O)CC2(O)CCCC2)c1. The molecule has 1 heterocycles. The second-order valence-electron chi connectivity index (χ2n) is 7.21. The molecule has 2 fully saturated rings. The van der Waals surface area contributed by atoms with E-state index in [-0.39, 0.29) is 11.9 Å². The summed E-state index contributed by atoms with van der Waals surface area (Å²) in [6, 6.07) is 6.69. The van der Waals surface area contributed by atoms with Crippen molar-refractivity contribution in [2.24, 2.45) is 0 Å². The van der Waals surface area contributed by atoms with Crippen LogP contribution in [0.1, 0.15) is 67.7 Å². The first-order valence-corrected chi connectivity index (χ1v) is 8.57. The van der Waals surface area contributed by atoms with Crippen molar-refractivity contribution < 1.29 is 9.90 Å². The van der Waals surface area contributed by atoms with Gasteiger partial charge in [0.1, 0.15) is 0 Å². The van der Waals surface area contributed by atoms with Crippen LogP contribution in [-0.2, 0) is 4.79 Å². The van der Waals surface area contributed by atoms with E-state index in [0.29, 0.717) is 6.42 Å². The van der Waals surface area contributed by atoms with Crippen molar-refractivity contribution in [1.29, 1.82) is 0 Å². The summed E-state index contributed by atoms with van der Waals surface area (Å²) in [4.78, 5) is 14.8. The highest BCUT2D eigenvalue weighted by Crippen LogP contribution is 2.38. The van der Waals surface area contributed by atoms with Crippen molar-refractivity contribution in [1.82, 2.24) is 4.90 Å². The molecule has 1 saturated carbocycles. The fraction of sp³-hybridized carbons (Fsp3) is 0.632. The minimum Gasteiger partial charge on any atom is -0.389 e. The largest absolute Gasteiger partial charge is 0.389 e. The predicted octanol–water partition coefficient (Wildman–Crippen LogP) is 3.66. The summed E-state index contributed by atoms with van der Waals surface area (Å²) in [5, 5.41) is 10.5. The normalized spacial score (nSPS) is 24.0. The molecule has 1 saturated heterocycles. The van der Waals surface area contributed by atoms with Crippen LogP contribution in [0.25, 0.3) is 0 Å². The molecule has 1 N–H and O–H groups in total. The fourth-order valence-electron chi connectivity index (χ4n) is 4.10. The molecule has 0 aromatic heterocycles. The number of benzene rings is 1. The number of likely N-dealkylation sites (tertiary alicyclic amines) is 1. The van der Waals surface area contributed by atoms with Crippen molar-refractivity contribution in [2.45, 2.75) is 70.4 Å². The maximum absolute atomic E-state index is 12.8. The van der Waals surface area contributed by atoms with Gasteiger partial charge in [0.15, 0.2) is 0 Å². The first-order chi connectivity index (χ1) is 10.5. The van der Waals surface area contributed by atoms with Gasteiger partial charge in [0.2, 0.25) is 5.91 Å². The molecule has 1 unspecified atom stereocenters. The molecule has 1 aromatic rings. The second kappa shape index (κ2) is 6.04. The Morgan fingerprint density at radius 2 is 2.00 bits per heavy atom. The Bertz CT molecular complexity index is 561. The third-order valence-electron chi connectivity index (χ3n) is 5.38. The van der Waals surface area contributed by atoms with Gasteiger partial charge in [-0.15, -0.1) is 0 Å². The number of carbonyl (C=O) groups excluding carboxylic acids is 1. The summed E-state index contributed by atoms with van der Waals surface area (Å²) in [5.74, 6) is 0.132. The molecule has 3 heteroatoms. The highest BCUT2D eigenvalue weighted by Gasteiger charge is 2.38. The lowest BCUT2D eigenvalue weighted by molar-refractivity contribution is -0.137. The topological polar surface area (TPSA) is 40.5 Å². The second-order valence-corrected chi connectivity index (χ2v) is 7.21. The summed E-state index contributed by atoms with van der Waals surface area (Å²) >= 11 is 0. The van der Waals surface area contributed by atoms with E-state index in [4.69, 9.17) is 0 Å². The summed E-state index contributed by atoms with van der Waals surface area (Å²) in [6.07, 6.45) is 6.04. The third kappa shape index (κ3) is 3.05. The van der Waals surface area contributed by atoms with E-state index < -0.39 is 5.60 Å². The lowest BCUT2D eigenvalue weighted by Gasteiger charge is -2.30. The molecule has 22 heavy (non-hydrogen) atoms. The Kier molecular flexibility index (Phi) is 4.26. The van der Waals surface area contributed by atoms with Gasteiger partial charge in [-0.1, -0.05) is 36.6 Å². The van der Waals surface area contributed by atoms with Crippen molar-refractivity contribution in [3.8, 4) is 0 Å². The van der Waals surface area contributed by atoms with Gasteiger partial charge in [-0.2, -0.15) is 0 Å².